The minimum absolute atomic E-state index is 0.0124. The number of hydrogen-bond donors (Lipinski definition) is 1. The predicted molar refractivity (Wildman–Crippen MR) is 130 cm³/mol. The second-order valence-electron chi connectivity index (χ2n) is 6.81. The highest BCUT2D eigenvalue weighted by atomic mass is 79.9. The number of nitrogens with one attached hydrogen (secondary N) is 1. The van der Waals surface area contributed by atoms with Gasteiger partial charge in [-0.15, -0.1) is 0 Å². The van der Waals surface area contributed by atoms with Crippen LogP contribution in [0.25, 0.3) is 0 Å². The van der Waals surface area contributed by atoms with Crippen molar-refractivity contribution < 1.29 is 17.6 Å². The van der Waals surface area contributed by atoms with Crippen molar-refractivity contribution in [2.45, 2.75) is 11.4 Å². The van der Waals surface area contributed by atoms with Gasteiger partial charge in [0.05, 0.1) is 17.7 Å². The lowest BCUT2D eigenvalue weighted by atomic mass is 10.2. The van der Waals surface area contributed by atoms with Gasteiger partial charge >= 0.3 is 0 Å². The van der Waals surface area contributed by atoms with E-state index in [1.54, 1.807) is 24.3 Å². The summed E-state index contributed by atoms with van der Waals surface area (Å²) >= 11 is 15.4. The van der Waals surface area contributed by atoms with Gasteiger partial charge in [0.1, 0.15) is 5.82 Å². The summed E-state index contributed by atoms with van der Waals surface area (Å²) < 4.78 is 41.2. The molecule has 0 spiro atoms. The predicted octanol–water partition coefficient (Wildman–Crippen LogP) is 5.24. The molecule has 0 aliphatic carbocycles. The Morgan fingerprint density at radius 2 is 1.73 bits per heavy atom. The third-order valence-corrected chi connectivity index (χ3v) is 7.33. The Morgan fingerprint density at radius 1 is 1.06 bits per heavy atom. The molecule has 6 nitrogen and oxygen atoms in total. The largest absolute Gasteiger partial charge is 0.272 e. The van der Waals surface area contributed by atoms with Crippen LogP contribution in [0.15, 0.2) is 81.2 Å². The number of carbonyl (C=O) groups excluding carboxylic acids is 1. The zero-order valence-electron chi connectivity index (χ0n) is 16.9. The summed E-state index contributed by atoms with van der Waals surface area (Å²) in [4.78, 5) is 12.5. The molecular formula is C22H17BrCl2FN3O3S. The Balaban J connectivity index is 1.82. The molecule has 33 heavy (non-hydrogen) atoms. The number of sulfonamides is 1. The molecule has 11 heteroatoms. The zero-order chi connectivity index (χ0) is 24.0. The lowest BCUT2D eigenvalue weighted by molar-refractivity contribution is -0.121. The van der Waals surface area contributed by atoms with Crippen molar-refractivity contribution in [1.82, 2.24) is 9.73 Å². The monoisotopic (exact) mass is 571 g/mol. The van der Waals surface area contributed by atoms with Gasteiger partial charge in [0.2, 0.25) is 10.0 Å². The van der Waals surface area contributed by atoms with E-state index in [-0.39, 0.29) is 16.5 Å². The van der Waals surface area contributed by atoms with E-state index >= 15 is 0 Å². The fraction of sp³-hybridized carbons (Fsp3) is 0.0909. The molecule has 0 unspecified atom stereocenters. The van der Waals surface area contributed by atoms with Crippen molar-refractivity contribution in [3.63, 3.8) is 0 Å². The molecule has 172 valence electrons. The number of carbonyl (C=O) groups is 1. The lowest BCUT2D eigenvalue weighted by Crippen LogP contribution is -2.39. The summed E-state index contributed by atoms with van der Waals surface area (Å²) in [6.07, 6.45) is 1.32. The van der Waals surface area contributed by atoms with Crippen molar-refractivity contribution >= 4 is 61.3 Å². The molecule has 0 saturated heterocycles. The van der Waals surface area contributed by atoms with Crippen molar-refractivity contribution in [1.29, 1.82) is 0 Å². The quantitative estimate of drug-likeness (QED) is 0.296. The highest BCUT2D eigenvalue weighted by molar-refractivity contribution is 9.10. The summed E-state index contributed by atoms with van der Waals surface area (Å²) in [5, 5.41) is 4.48. The fourth-order valence-electron chi connectivity index (χ4n) is 2.74. The van der Waals surface area contributed by atoms with Crippen molar-refractivity contribution in [3.8, 4) is 0 Å². The van der Waals surface area contributed by atoms with Gasteiger partial charge in [-0.3, -0.25) is 4.79 Å². The molecule has 3 aromatic carbocycles. The van der Waals surface area contributed by atoms with Crippen LogP contribution >= 0.6 is 39.1 Å². The average molecular weight is 573 g/mol. The van der Waals surface area contributed by atoms with E-state index in [1.807, 2.05) is 0 Å². The normalized spacial score (nSPS) is 11.8. The van der Waals surface area contributed by atoms with E-state index in [9.17, 15) is 17.6 Å². The van der Waals surface area contributed by atoms with Crippen LogP contribution in [-0.4, -0.2) is 31.4 Å². The van der Waals surface area contributed by atoms with Crippen LogP contribution in [0, 0.1) is 5.82 Å². The third kappa shape index (κ3) is 7.09. The maximum absolute atomic E-state index is 13.3. The topological polar surface area (TPSA) is 78.8 Å². The molecule has 0 aliphatic rings. The first-order chi connectivity index (χ1) is 15.6. The van der Waals surface area contributed by atoms with Gasteiger partial charge in [0, 0.05) is 21.1 Å². The maximum Gasteiger partial charge on any atom is 0.255 e. The molecule has 0 aliphatic heterocycles. The first-order valence-electron chi connectivity index (χ1n) is 9.42. The molecule has 0 bridgehead atoms. The Kier molecular flexibility index (Phi) is 8.61. The van der Waals surface area contributed by atoms with E-state index in [1.165, 1.54) is 48.7 Å². The number of amides is 1. The van der Waals surface area contributed by atoms with Gasteiger partial charge < -0.3 is 0 Å². The highest BCUT2D eigenvalue weighted by Gasteiger charge is 2.27. The van der Waals surface area contributed by atoms with E-state index in [0.29, 0.717) is 20.6 Å². The summed E-state index contributed by atoms with van der Waals surface area (Å²) in [6.45, 7) is -0.679. The van der Waals surface area contributed by atoms with E-state index in [2.05, 4.69) is 26.5 Å². The molecule has 0 radical (unpaired) electrons. The van der Waals surface area contributed by atoms with Gasteiger partial charge in [0.15, 0.2) is 0 Å². The summed E-state index contributed by atoms with van der Waals surface area (Å²) in [5.74, 6) is -1.06. The fourth-order valence-corrected chi connectivity index (χ4v) is 4.85. The van der Waals surface area contributed by atoms with Crippen molar-refractivity contribution in [3.05, 3.63) is 98.2 Å². The van der Waals surface area contributed by atoms with E-state index in [0.717, 1.165) is 4.31 Å². The summed E-state index contributed by atoms with van der Waals surface area (Å²) in [5.41, 5.74) is 3.32. The lowest BCUT2D eigenvalue weighted by Gasteiger charge is -2.22. The Bertz CT molecular complexity index is 1270. The van der Waals surface area contributed by atoms with Gasteiger partial charge in [-0.2, -0.15) is 9.41 Å². The zero-order valence-corrected chi connectivity index (χ0v) is 20.8. The third-order valence-electron chi connectivity index (χ3n) is 4.41. The van der Waals surface area contributed by atoms with Gasteiger partial charge in [-0.05, 0) is 59.7 Å². The van der Waals surface area contributed by atoms with Crippen molar-refractivity contribution in [2.75, 3.05) is 6.54 Å². The molecule has 0 fully saturated rings. The average Bonchev–Trinajstić information content (AvgIpc) is 2.76. The van der Waals surface area contributed by atoms with Gasteiger partial charge in [-0.1, -0.05) is 57.3 Å². The van der Waals surface area contributed by atoms with Crippen LogP contribution in [0.1, 0.15) is 11.1 Å². The molecule has 0 atom stereocenters. The molecule has 3 aromatic rings. The Morgan fingerprint density at radius 3 is 2.36 bits per heavy atom. The van der Waals surface area contributed by atoms with Crippen LogP contribution in [0.5, 0.6) is 0 Å². The van der Waals surface area contributed by atoms with E-state index in [4.69, 9.17) is 23.2 Å². The standard InChI is InChI=1S/C22H17BrCl2FN3O3S/c23-17-4-9-20(10-5-17)33(31,32)29(13-16-3-6-18(24)11-21(16)25)14-22(30)28-27-12-15-1-7-19(26)8-2-15/h1-12H,13-14H2,(H,28,30)/b27-12+. The van der Waals surface area contributed by atoms with E-state index < -0.39 is 28.3 Å². The molecule has 1 N–H and O–H groups in total. The molecule has 1 amide bonds. The SMILES string of the molecule is O=C(CN(Cc1ccc(Cl)cc1Cl)S(=O)(=O)c1ccc(Br)cc1)N/N=C/c1ccc(F)cc1. The van der Waals surface area contributed by atoms with Gasteiger partial charge in [-0.25, -0.2) is 18.2 Å². The van der Waals surface area contributed by atoms with Crippen molar-refractivity contribution in [2.24, 2.45) is 5.10 Å². The minimum atomic E-state index is -4.05. The number of hydrogen-bond acceptors (Lipinski definition) is 4. The highest BCUT2D eigenvalue weighted by Crippen LogP contribution is 2.25. The molecule has 0 saturated carbocycles. The summed E-state index contributed by atoms with van der Waals surface area (Å²) in [7, 11) is -4.05. The first-order valence-corrected chi connectivity index (χ1v) is 12.4. The molecular weight excluding hydrogens is 556 g/mol. The maximum atomic E-state index is 13.3. The van der Waals surface area contributed by atoms with Gasteiger partial charge in [0.25, 0.3) is 5.91 Å². The number of hydrazone groups is 1. The van der Waals surface area contributed by atoms with Crippen LogP contribution in [0.2, 0.25) is 10.0 Å². The number of benzene rings is 3. The number of nitrogens with zero attached hydrogens (tertiary/aromatic N) is 2. The van der Waals surface area contributed by atoms with Crippen LogP contribution in [-0.2, 0) is 21.4 Å². The molecule has 0 heterocycles. The Labute approximate surface area is 209 Å². The van der Waals surface area contributed by atoms with Crippen LogP contribution in [0.4, 0.5) is 4.39 Å². The summed E-state index contributed by atoms with van der Waals surface area (Å²) in [6, 6.07) is 16.2. The number of rotatable bonds is 8. The minimum Gasteiger partial charge on any atom is -0.272 e. The molecule has 3 rings (SSSR count). The second kappa shape index (κ2) is 11.2. The smallest absolute Gasteiger partial charge is 0.255 e. The Hall–Kier alpha value is -2.30. The van der Waals surface area contributed by atoms with Crippen LogP contribution in [0.3, 0.4) is 0 Å². The number of halogens is 4. The van der Waals surface area contributed by atoms with Crippen LogP contribution < -0.4 is 5.43 Å². The second-order valence-corrected chi connectivity index (χ2v) is 10.5. The first kappa shape index (κ1) is 25.3. The molecule has 0 aromatic heterocycles.